The largest absolute Gasteiger partial charge is 0.490 e. The lowest BCUT2D eigenvalue weighted by atomic mass is 9.99. The first-order valence-electron chi connectivity index (χ1n) is 10.7. The highest BCUT2D eigenvalue weighted by Gasteiger charge is 2.38. The molecule has 1 heterocycles. The topological polar surface area (TPSA) is 122 Å². The number of nitrogens with zero attached hydrogens (tertiary/aromatic N) is 1. The van der Waals surface area contributed by atoms with Crippen molar-refractivity contribution in [3.05, 3.63) is 59.7 Å². The number of alkyl halides is 3. The number of carboxylic acid groups (broad SMARTS) is 1. The van der Waals surface area contributed by atoms with E-state index in [9.17, 15) is 28.3 Å². The number of carboxylic acids is 1. The fourth-order valence-corrected chi connectivity index (χ4v) is 3.40. The molecule has 0 spiro atoms. The number of amides is 1. The van der Waals surface area contributed by atoms with Crippen LogP contribution < -0.4 is 10.6 Å². The Morgan fingerprint density at radius 3 is 2.32 bits per heavy atom. The number of rotatable bonds is 6. The first-order valence-corrected chi connectivity index (χ1v) is 10.7. The van der Waals surface area contributed by atoms with Crippen molar-refractivity contribution in [2.75, 3.05) is 6.54 Å². The van der Waals surface area contributed by atoms with Gasteiger partial charge in [-0.15, -0.1) is 0 Å². The number of nitriles is 1. The summed E-state index contributed by atoms with van der Waals surface area (Å²) in [6, 6.07) is 17.2. The maximum atomic E-state index is 12.3. The molecule has 1 aliphatic heterocycles. The van der Waals surface area contributed by atoms with E-state index < -0.39 is 18.2 Å². The van der Waals surface area contributed by atoms with Gasteiger partial charge < -0.3 is 20.8 Å². The van der Waals surface area contributed by atoms with Crippen molar-refractivity contribution in [1.29, 1.82) is 5.26 Å². The van der Waals surface area contributed by atoms with Gasteiger partial charge in [-0.05, 0) is 47.7 Å². The molecule has 2 aromatic carbocycles. The molecule has 4 N–H and O–H groups in total. The molecular weight excluding hydrogens is 451 g/mol. The highest BCUT2D eigenvalue weighted by atomic mass is 19.4. The van der Waals surface area contributed by atoms with Gasteiger partial charge in [0.1, 0.15) is 6.04 Å². The van der Waals surface area contributed by atoms with Gasteiger partial charge in [0, 0.05) is 6.42 Å². The van der Waals surface area contributed by atoms with Crippen LogP contribution in [0.2, 0.25) is 0 Å². The van der Waals surface area contributed by atoms with Gasteiger partial charge in [0.15, 0.2) is 0 Å². The second kappa shape index (κ2) is 12.7. The summed E-state index contributed by atoms with van der Waals surface area (Å²) in [7, 11) is 0. The number of hydrogen-bond donors (Lipinski definition) is 4. The number of nitrogens with one attached hydrogen (secondary N) is 2. The zero-order chi connectivity index (χ0) is 25.1. The number of benzene rings is 2. The Bertz CT molecular complexity index is 998. The molecule has 1 saturated heterocycles. The summed E-state index contributed by atoms with van der Waals surface area (Å²) in [5, 5.41) is 31.9. The van der Waals surface area contributed by atoms with Crippen molar-refractivity contribution in [3.63, 3.8) is 0 Å². The molecule has 34 heavy (non-hydrogen) atoms. The van der Waals surface area contributed by atoms with Gasteiger partial charge in [0.05, 0.1) is 18.7 Å². The predicted molar refractivity (Wildman–Crippen MR) is 118 cm³/mol. The molecule has 0 radical (unpaired) electrons. The summed E-state index contributed by atoms with van der Waals surface area (Å²) in [5.74, 6) is -2.84. The van der Waals surface area contributed by atoms with E-state index in [0.29, 0.717) is 6.42 Å². The Kier molecular flexibility index (Phi) is 10.0. The summed E-state index contributed by atoms with van der Waals surface area (Å²) in [4.78, 5) is 21.2. The minimum atomic E-state index is -5.08. The van der Waals surface area contributed by atoms with E-state index in [1.54, 1.807) is 0 Å². The minimum Gasteiger partial charge on any atom is -0.475 e. The third-order valence-electron chi connectivity index (χ3n) is 5.18. The van der Waals surface area contributed by atoms with Crippen LogP contribution in [-0.4, -0.2) is 46.9 Å². The fraction of sp³-hybridized carbons (Fsp3) is 0.375. The lowest BCUT2D eigenvalue weighted by Crippen LogP contribution is -2.49. The van der Waals surface area contributed by atoms with Crippen LogP contribution >= 0.6 is 0 Å². The lowest BCUT2D eigenvalue weighted by molar-refractivity contribution is -0.192. The third-order valence-corrected chi connectivity index (χ3v) is 5.18. The van der Waals surface area contributed by atoms with Crippen LogP contribution in [0.3, 0.4) is 0 Å². The molecule has 2 aromatic rings. The molecule has 182 valence electrons. The quantitative estimate of drug-likeness (QED) is 0.507. The second-order valence-corrected chi connectivity index (χ2v) is 7.76. The molecule has 7 nitrogen and oxygen atoms in total. The van der Waals surface area contributed by atoms with E-state index in [-0.39, 0.29) is 18.6 Å². The Hall–Kier alpha value is -3.42. The maximum Gasteiger partial charge on any atom is 0.490 e. The summed E-state index contributed by atoms with van der Waals surface area (Å²) in [6.45, 7) is 0.875. The van der Waals surface area contributed by atoms with E-state index in [2.05, 4.69) is 16.7 Å². The summed E-state index contributed by atoms with van der Waals surface area (Å²) in [5.41, 5.74) is 3.97. The number of halogens is 3. The predicted octanol–water partition coefficient (Wildman–Crippen LogP) is 3.17. The molecule has 0 aliphatic carbocycles. The Balaban J connectivity index is 0.000000509. The van der Waals surface area contributed by atoms with E-state index >= 15 is 0 Å². The van der Waals surface area contributed by atoms with Gasteiger partial charge in [-0.25, -0.2) is 4.79 Å². The monoisotopic (exact) mass is 477 g/mol. The highest BCUT2D eigenvalue weighted by molar-refractivity contribution is 5.82. The first kappa shape index (κ1) is 26.8. The van der Waals surface area contributed by atoms with Gasteiger partial charge in [0.2, 0.25) is 5.91 Å². The Labute approximate surface area is 195 Å². The van der Waals surface area contributed by atoms with Gasteiger partial charge in [-0.1, -0.05) is 48.9 Å². The van der Waals surface area contributed by atoms with Crippen LogP contribution in [0.15, 0.2) is 48.5 Å². The van der Waals surface area contributed by atoms with Crippen LogP contribution in [0.1, 0.15) is 30.4 Å². The molecule has 2 atom stereocenters. The zero-order valence-corrected chi connectivity index (χ0v) is 18.3. The van der Waals surface area contributed by atoms with Crippen LogP contribution in [0.5, 0.6) is 0 Å². The van der Waals surface area contributed by atoms with E-state index in [4.69, 9.17) is 9.90 Å². The van der Waals surface area contributed by atoms with Crippen LogP contribution in [-0.2, 0) is 22.6 Å². The number of carbonyl (C=O) groups is 2. The summed E-state index contributed by atoms with van der Waals surface area (Å²) >= 11 is 0. The molecule has 0 saturated carbocycles. The normalized spacial score (nSPS) is 16.4. The van der Waals surface area contributed by atoms with E-state index in [1.165, 1.54) is 0 Å². The van der Waals surface area contributed by atoms with Crippen LogP contribution in [0.4, 0.5) is 13.2 Å². The lowest BCUT2D eigenvalue weighted by Gasteiger charge is -2.23. The zero-order valence-electron chi connectivity index (χ0n) is 18.3. The van der Waals surface area contributed by atoms with E-state index in [1.807, 2.05) is 48.5 Å². The molecule has 10 heteroatoms. The maximum absolute atomic E-state index is 12.3. The van der Waals surface area contributed by atoms with Crippen molar-refractivity contribution >= 4 is 11.9 Å². The van der Waals surface area contributed by atoms with Gasteiger partial charge in [0.25, 0.3) is 0 Å². The Morgan fingerprint density at radius 2 is 1.79 bits per heavy atom. The molecule has 1 aliphatic rings. The number of aliphatic carboxylic acids is 1. The molecule has 0 bridgehead atoms. The molecule has 1 fully saturated rings. The second-order valence-electron chi connectivity index (χ2n) is 7.76. The fourth-order valence-electron chi connectivity index (χ4n) is 3.40. The summed E-state index contributed by atoms with van der Waals surface area (Å²) < 4.78 is 31.7. The number of carbonyl (C=O) groups excluding carboxylic acids is 1. The number of aliphatic hydroxyl groups is 1. The van der Waals surface area contributed by atoms with Crippen molar-refractivity contribution in [1.82, 2.24) is 10.6 Å². The van der Waals surface area contributed by atoms with Gasteiger partial charge >= 0.3 is 12.1 Å². The average Bonchev–Trinajstić information content (AvgIpc) is 2.84. The Morgan fingerprint density at radius 1 is 1.12 bits per heavy atom. The summed E-state index contributed by atoms with van der Waals surface area (Å²) in [6.07, 6.45) is -1.64. The number of piperidine rings is 1. The van der Waals surface area contributed by atoms with Crippen molar-refractivity contribution in [3.8, 4) is 17.2 Å². The van der Waals surface area contributed by atoms with Crippen molar-refractivity contribution in [2.45, 2.75) is 50.6 Å². The van der Waals surface area contributed by atoms with Gasteiger partial charge in [-0.3, -0.25) is 4.79 Å². The molecular formula is C24H26F3N3O4. The van der Waals surface area contributed by atoms with Crippen LogP contribution in [0.25, 0.3) is 11.1 Å². The molecule has 0 unspecified atom stereocenters. The smallest absolute Gasteiger partial charge is 0.475 e. The van der Waals surface area contributed by atoms with Gasteiger partial charge in [-0.2, -0.15) is 18.4 Å². The minimum absolute atomic E-state index is 0.0192. The first-order chi connectivity index (χ1) is 16.1. The standard InChI is InChI=1S/C22H25N3O2.C2HF3O2/c23-14-20(25-22(27)21-6-1-2-11-24-21)13-16-7-9-18(10-8-16)19-5-3-4-17(12-19)15-26;3-2(4,5)1(6)7/h3-5,7-10,12,20-21,24,26H,1-2,6,11,13,15H2,(H,25,27);(H,6,7)/t20-,21-;/m0./s1. The molecule has 1 amide bonds. The molecule has 3 rings (SSSR count). The van der Waals surface area contributed by atoms with Crippen molar-refractivity contribution in [2.24, 2.45) is 0 Å². The van der Waals surface area contributed by atoms with Crippen LogP contribution in [0, 0.1) is 11.3 Å². The third kappa shape index (κ3) is 8.50. The SMILES string of the molecule is N#C[C@H](Cc1ccc(-c2cccc(CO)c2)cc1)NC(=O)[C@@H]1CCCCN1.O=C(O)C(F)(F)F. The number of aliphatic hydroxyl groups excluding tert-OH is 1. The average molecular weight is 477 g/mol. The van der Waals surface area contributed by atoms with E-state index in [0.717, 1.165) is 48.1 Å². The molecule has 0 aromatic heterocycles. The number of hydrogen-bond acceptors (Lipinski definition) is 5. The van der Waals surface area contributed by atoms with Crippen molar-refractivity contribution < 1.29 is 33.0 Å². The highest BCUT2D eigenvalue weighted by Crippen LogP contribution is 2.21.